The van der Waals surface area contributed by atoms with E-state index in [0.717, 1.165) is 11.3 Å². The molecule has 2 aromatic rings. The van der Waals surface area contributed by atoms with E-state index in [1.54, 1.807) is 18.2 Å². The zero-order valence-corrected chi connectivity index (χ0v) is 13.4. The first kappa shape index (κ1) is 16.7. The Bertz CT molecular complexity index is 776. The lowest BCUT2D eigenvalue weighted by Crippen LogP contribution is -2.32. The first-order chi connectivity index (χ1) is 12.1. The van der Waals surface area contributed by atoms with Gasteiger partial charge in [-0.05, 0) is 29.8 Å². The van der Waals surface area contributed by atoms with Gasteiger partial charge in [0.2, 0.25) is 0 Å². The predicted octanol–water partition coefficient (Wildman–Crippen LogP) is 2.02. The van der Waals surface area contributed by atoms with E-state index in [4.69, 9.17) is 4.84 Å². The second-order valence-corrected chi connectivity index (χ2v) is 5.51. The molecule has 0 aromatic heterocycles. The van der Waals surface area contributed by atoms with Gasteiger partial charge >= 0.3 is 5.97 Å². The zero-order valence-electron chi connectivity index (χ0n) is 13.4. The molecule has 0 saturated carbocycles. The molecule has 7 nitrogen and oxygen atoms in total. The molecule has 7 heteroatoms. The Morgan fingerprint density at radius 3 is 2.44 bits per heavy atom. The van der Waals surface area contributed by atoms with Crippen LogP contribution in [0.15, 0.2) is 54.6 Å². The van der Waals surface area contributed by atoms with Crippen LogP contribution in [0, 0.1) is 0 Å². The molecule has 2 amide bonds. The number of hydroxylamine groups is 2. The van der Waals surface area contributed by atoms with Crippen molar-refractivity contribution in [2.24, 2.45) is 0 Å². The van der Waals surface area contributed by atoms with Crippen LogP contribution in [0.1, 0.15) is 28.8 Å². The lowest BCUT2D eigenvalue weighted by atomic mass is 10.1. The van der Waals surface area contributed by atoms with Crippen LogP contribution in [0.2, 0.25) is 0 Å². The SMILES string of the molecule is O=C(ON1C(=O)CCC1=O)c1cccc(CNNc2ccccc2)c1. The topological polar surface area (TPSA) is 87.7 Å². The average molecular weight is 339 g/mol. The highest BCUT2D eigenvalue weighted by atomic mass is 16.7. The molecule has 2 aromatic carbocycles. The molecule has 2 N–H and O–H groups in total. The molecular weight excluding hydrogens is 322 g/mol. The normalized spacial score (nSPS) is 13.8. The number of carbonyl (C=O) groups excluding carboxylic acids is 3. The van der Waals surface area contributed by atoms with Crippen molar-refractivity contribution in [2.75, 3.05) is 5.43 Å². The van der Waals surface area contributed by atoms with Crippen LogP contribution in [0.3, 0.4) is 0 Å². The van der Waals surface area contributed by atoms with Gasteiger partial charge < -0.3 is 10.3 Å². The number of nitrogens with zero attached hydrogens (tertiary/aromatic N) is 1. The summed E-state index contributed by atoms with van der Waals surface area (Å²) in [4.78, 5) is 40.1. The number of para-hydroxylation sites is 1. The molecule has 25 heavy (non-hydrogen) atoms. The standard InChI is InChI=1S/C18H17N3O4/c22-16-9-10-17(23)21(16)25-18(24)14-6-4-5-13(11-14)12-19-20-15-7-2-1-3-8-15/h1-8,11,19-20H,9-10,12H2. The molecule has 128 valence electrons. The van der Waals surface area contributed by atoms with Gasteiger partial charge in [-0.3, -0.25) is 9.59 Å². The third kappa shape index (κ3) is 4.21. The summed E-state index contributed by atoms with van der Waals surface area (Å²) in [6, 6.07) is 16.4. The molecule has 0 aliphatic carbocycles. The van der Waals surface area contributed by atoms with Gasteiger partial charge in [0.25, 0.3) is 11.8 Å². The molecule has 0 atom stereocenters. The highest BCUT2D eigenvalue weighted by Gasteiger charge is 2.33. The van der Waals surface area contributed by atoms with Crippen molar-refractivity contribution >= 4 is 23.5 Å². The van der Waals surface area contributed by atoms with Crippen molar-refractivity contribution in [1.82, 2.24) is 10.5 Å². The Kier molecular flexibility index (Phi) is 5.06. The van der Waals surface area contributed by atoms with Crippen LogP contribution in [-0.4, -0.2) is 22.8 Å². The van der Waals surface area contributed by atoms with E-state index < -0.39 is 17.8 Å². The van der Waals surface area contributed by atoms with Crippen LogP contribution < -0.4 is 10.9 Å². The van der Waals surface area contributed by atoms with E-state index in [2.05, 4.69) is 10.9 Å². The number of hydrogen-bond donors (Lipinski definition) is 2. The van der Waals surface area contributed by atoms with E-state index in [-0.39, 0.29) is 18.4 Å². The number of rotatable bonds is 6. The average Bonchev–Trinajstić information content (AvgIpc) is 2.95. The highest BCUT2D eigenvalue weighted by molar-refractivity contribution is 6.02. The number of hydrogen-bond acceptors (Lipinski definition) is 6. The van der Waals surface area contributed by atoms with E-state index >= 15 is 0 Å². The minimum Gasteiger partial charge on any atom is -0.325 e. The summed E-state index contributed by atoms with van der Waals surface area (Å²) in [7, 11) is 0. The second-order valence-electron chi connectivity index (χ2n) is 5.51. The minimum atomic E-state index is -0.735. The predicted molar refractivity (Wildman–Crippen MR) is 89.8 cm³/mol. The maximum Gasteiger partial charge on any atom is 0.363 e. The summed E-state index contributed by atoms with van der Waals surface area (Å²) in [5.74, 6) is -1.73. The van der Waals surface area contributed by atoms with Gasteiger partial charge in [0.05, 0.1) is 5.56 Å². The largest absolute Gasteiger partial charge is 0.363 e. The molecule has 1 heterocycles. The van der Waals surface area contributed by atoms with Crippen LogP contribution in [0.4, 0.5) is 5.69 Å². The molecule has 0 bridgehead atoms. The summed E-state index contributed by atoms with van der Waals surface area (Å²) < 4.78 is 0. The van der Waals surface area contributed by atoms with E-state index in [9.17, 15) is 14.4 Å². The molecule has 1 aliphatic heterocycles. The third-order valence-electron chi connectivity index (χ3n) is 3.64. The van der Waals surface area contributed by atoms with Gasteiger partial charge in [-0.1, -0.05) is 30.3 Å². The minimum absolute atomic E-state index is 0.0707. The number of carbonyl (C=O) groups is 3. The molecule has 1 saturated heterocycles. The Morgan fingerprint density at radius 1 is 1.00 bits per heavy atom. The summed E-state index contributed by atoms with van der Waals surface area (Å²) in [5.41, 5.74) is 8.13. The van der Waals surface area contributed by atoms with Gasteiger partial charge in [0.15, 0.2) is 0 Å². The van der Waals surface area contributed by atoms with Crippen LogP contribution in [0.25, 0.3) is 0 Å². The fourth-order valence-corrected chi connectivity index (χ4v) is 2.37. The van der Waals surface area contributed by atoms with E-state index in [1.165, 1.54) is 0 Å². The number of imide groups is 1. The maximum atomic E-state index is 12.1. The summed E-state index contributed by atoms with van der Waals surface area (Å²) in [6.45, 7) is 0.470. The first-order valence-corrected chi connectivity index (χ1v) is 7.84. The molecule has 3 rings (SSSR count). The number of benzene rings is 2. The highest BCUT2D eigenvalue weighted by Crippen LogP contribution is 2.15. The van der Waals surface area contributed by atoms with Crippen molar-refractivity contribution < 1.29 is 19.2 Å². The molecule has 1 fully saturated rings. The quantitative estimate of drug-likeness (QED) is 0.618. The van der Waals surface area contributed by atoms with Gasteiger partial charge in [0.1, 0.15) is 0 Å². The van der Waals surface area contributed by atoms with Gasteiger partial charge in [-0.25, -0.2) is 10.2 Å². The number of anilines is 1. The molecule has 0 unspecified atom stereocenters. The van der Waals surface area contributed by atoms with Gasteiger partial charge in [-0.2, -0.15) is 0 Å². The van der Waals surface area contributed by atoms with Crippen LogP contribution in [-0.2, 0) is 21.0 Å². The van der Waals surface area contributed by atoms with E-state index in [0.29, 0.717) is 11.6 Å². The Balaban J connectivity index is 1.58. The van der Waals surface area contributed by atoms with Crippen molar-refractivity contribution in [3.63, 3.8) is 0 Å². The Labute approximate surface area is 144 Å². The van der Waals surface area contributed by atoms with Gasteiger partial charge in [-0.15, -0.1) is 5.06 Å². The summed E-state index contributed by atoms with van der Waals surface area (Å²) in [6.07, 6.45) is 0.141. The van der Waals surface area contributed by atoms with Crippen molar-refractivity contribution in [1.29, 1.82) is 0 Å². The molecule has 0 spiro atoms. The van der Waals surface area contributed by atoms with Crippen molar-refractivity contribution in [3.05, 3.63) is 65.7 Å². The number of nitrogens with one attached hydrogen (secondary N) is 2. The molecule has 0 radical (unpaired) electrons. The fourth-order valence-electron chi connectivity index (χ4n) is 2.37. The number of amides is 2. The number of hydrazine groups is 1. The zero-order chi connectivity index (χ0) is 17.6. The summed E-state index contributed by atoms with van der Waals surface area (Å²) >= 11 is 0. The second kappa shape index (κ2) is 7.59. The molecule has 1 aliphatic rings. The van der Waals surface area contributed by atoms with Gasteiger partial charge in [0, 0.05) is 25.1 Å². The Hall–Kier alpha value is -3.19. The summed E-state index contributed by atoms with van der Waals surface area (Å²) in [5, 5.41) is 0.546. The van der Waals surface area contributed by atoms with Crippen LogP contribution >= 0.6 is 0 Å². The Morgan fingerprint density at radius 2 is 1.72 bits per heavy atom. The van der Waals surface area contributed by atoms with E-state index in [1.807, 2.05) is 36.4 Å². The lowest BCUT2D eigenvalue weighted by molar-refractivity contribution is -0.172. The van der Waals surface area contributed by atoms with Crippen molar-refractivity contribution in [3.8, 4) is 0 Å². The smallest absolute Gasteiger partial charge is 0.325 e. The first-order valence-electron chi connectivity index (χ1n) is 7.84. The third-order valence-corrected chi connectivity index (χ3v) is 3.64. The monoisotopic (exact) mass is 339 g/mol. The van der Waals surface area contributed by atoms with Crippen LogP contribution in [0.5, 0.6) is 0 Å². The maximum absolute atomic E-state index is 12.1. The fraction of sp³-hybridized carbons (Fsp3) is 0.167. The lowest BCUT2D eigenvalue weighted by Gasteiger charge is -2.13. The molecular formula is C18H17N3O4. The van der Waals surface area contributed by atoms with Crippen molar-refractivity contribution in [2.45, 2.75) is 19.4 Å².